The summed E-state index contributed by atoms with van der Waals surface area (Å²) >= 11 is 0. The lowest BCUT2D eigenvalue weighted by Gasteiger charge is -2.08. The van der Waals surface area contributed by atoms with Gasteiger partial charge in [0.05, 0.1) is 0 Å². The van der Waals surface area contributed by atoms with E-state index >= 15 is 0 Å². The van der Waals surface area contributed by atoms with Crippen LogP contribution in [0.4, 0.5) is 5.69 Å². The first-order chi connectivity index (χ1) is 9.83. The lowest BCUT2D eigenvalue weighted by Crippen LogP contribution is -2.03. The SMILES string of the molecule is Nc1cccc(-c2nccn2CCc2ccccn2)c1. The molecule has 0 unspecified atom stereocenters. The highest BCUT2D eigenvalue weighted by atomic mass is 15.1. The first kappa shape index (κ1) is 12.4. The predicted octanol–water partition coefficient (Wildman–Crippen LogP) is 2.77. The van der Waals surface area contributed by atoms with Crippen molar-refractivity contribution in [2.45, 2.75) is 13.0 Å². The molecule has 1 aromatic carbocycles. The van der Waals surface area contributed by atoms with Crippen LogP contribution in [0.5, 0.6) is 0 Å². The Bertz CT molecular complexity index is 688. The van der Waals surface area contributed by atoms with Crippen molar-refractivity contribution in [2.75, 3.05) is 5.73 Å². The fourth-order valence-corrected chi connectivity index (χ4v) is 2.21. The maximum absolute atomic E-state index is 5.83. The normalized spacial score (nSPS) is 10.6. The molecule has 0 amide bonds. The summed E-state index contributed by atoms with van der Waals surface area (Å²) in [6.45, 7) is 0.848. The number of anilines is 1. The Hall–Kier alpha value is -2.62. The average molecular weight is 264 g/mol. The van der Waals surface area contributed by atoms with E-state index in [1.807, 2.05) is 61.1 Å². The summed E-state index contributed by atoms with van der Waals surface area (Å²) in [5, 5.41) is 0. The van der Waals surface area contributed by atoms with E-state index in [4.69, 9.17) is 5.73 Å². The van der Waals surface area contributed by atoms with Crippen LogP contribution in [-0.2, 0) is 13.0 Å². The van der Waals surface area contributed by atoms with Crippen LogP contribution in [0.25, 0.3) is 11.4 Å². The minimum absolute atomic E-state index is 0.752. The molecule has 0 aliphatic rings. The zero-order valence-electron chi connectivity index (χ0n) is 11.1. The predicted molar refractivity (Wildman–Crippen MR) is 80.0 cm³/mol. The molecule has 4 heteroatoms. The lowest BCUT2D eigenvalue weighted by molar-refractivity contribution is 0.692. The summed E-state index contributed by atoms with van der Waals surface area (Å²) in [6.07, 6.45) is 6.51. The van der Waals surface area contributed by atoms with Crippen molar-refractivity contribution in [3.05, 3.63) is 66.7 Å². The van der Waals surface area contributed by atoms with Gasteiger partial charge in [-0.3, -0.25) is 4.98 Å². The van der Waals surface area contributed by atoms with Gasteiger partial charge in [0.15, 0.2) is 0 Å². The summed E-state index contributed by atoms with van der Waals surface area (Å²) in [7, 11) is 0. The highest BCUT2D eigenvalue weighted by Gasteiger charge is 2.06. The summed E-state index contributed by atoms with van der Waals surface area (Å²) in [4.78, 5) is 8.77. The van der Waals surface area contributed by atoms with Gasteiger partial charge >= 0.3 is 0 Å². The Morgan fingerprint density at radius 1 is 1.00 bits per heavy atom. The Morgan fingerprint density at radius 2 is 1.95 bits per heavy atom. The molecule has 4 nitrogen and oxygen atoms in total. The van der Waals surface area contributed by atoms with Crippen molar-refractivity contribution in [3.8, 4) is 11.4 Å². The first-order valence-electron chi connectivity index (χ1n) is 6.60. The van der Waals surface area contributed by atoms with Gasteiger partial charge in [-0.25, -0.2) is 4.98 Å². The topological polar surface area (TPSA) is 56.7 Å². The molecule has 0 fully saturated rings. The second kappa shape index (κ2) is 5.57. The highest BCUT2D eigenvalue weighted by molar-refractivity contribution is 5.61. The molecule has 0 spiro atoms. The fraction of sp³-hybridized carbons (Fsp3) is 0.125. The van der Waals surface area contributed by atoms with Crippen LogP contribution in [-0.4, -0.2) is 14.5 Å². The van der Waals surface area contributed by atoms with Crippen LogP contribution in [0.2, 0.25) is 0 Å². The third kappa shape index (κ3) is 2.69. The molecule has 0 bridgehead atoms. The minimum Gasteiger partial charge on any atom is -0.399 e. The molecule has 0 aliphatic carbocycles. The molecule has 0 saturated heterocycles. The molecule has 3 rings (SSSR count). The number of hydrogen-bond acceptors (Lipinski definition) is 3. The summed E-state index contributed by atoms with van der Waals surface area (Å²) in [6, 6.07) is 13.8. The molecule has 100 valence electrons. The molecule has 0 radical (unpaired) electrons. The van der Waals surface area contributed by atoms with Crippen LogP contribution in [0, 0.1) is 0 Å². The fourth-order valence-electron chi connectivity index (χ4n) is 2.21. The second-order valence-corrected chi connectivity index (χ2v) is 4.64. The molecule has 20 heavy (non-hydrogen) atoms. The van der Waals surface area contributed by atoms with Crippen LogP contribution in [0.1, 0.15) is 5.69 Å². The summed E-state index contributed by atoms with van der Waals surface area (Å²) in [5.41, 5.74) is 8.71. The first-order valence-corrected chi connectivity index (χ1v) is 6.60. The number of benzene rings is 1. The van der Waals surface area contributed by atoms with E-state index in [2.05, 4.69) is 14.5 Å². The molecule has 2 aromatic heterocycles. The molecular weight excluding hydrogens is 248 g/mol. The Labute approximate surface area is 117 Å². The van der Waals surface area contributed by atoms with Gasteiger partial charge in [0.1, 0.15) is 5.82 Å². The third-order valence-electron chi connectivity index (χ3n) is 3.20. The number of aromatic nitrogens is 3. The molecule has 0 saturated carbocycles. The maximum atomic E-state index is 5.83. The van der Waals surface area contributed by atoms with Crippen LogP contribution >= 0.6 is 0 Å². The van der Waals surface area contributed by atoms with Gasteiger partial charge in [-0.1, -0.05) is 18.2 Å². The molecule has 3 aromatic rings. The van der Waals surface area contributed by atoms with E-state index in [9.17, 15) is 0 Å². The lowest BCUT2D eigenvalue weighted by atomic mass is 10.2. The minimum atomic E-state index is 0.752. The van der Waals surface area contributed by atoms with Gasteiger partial charge in [0.2, 0.25) is 0 Å². The number of hydrogen-bond donors (Lipinski definition) is 1. The zero-order valence-corrected chi connectivity index (χ0v) is 11.1. The number of nitrogens with zero attached hydrogens (tertiary/aromatic N) is 3. The number of nitrogens with two attached hydrogens (primary N) is 1. The standard InChI is InChI=1S/C16H16N4/c17-14-5-3-4-13(12-14)16-19-9-11-20(16)10-7-15-6-1-2-8-18-15/h1-6,8-9,11-12H,7,10,17H2. The van der Waals surface area contributed by atoms with Gasteiger partial charge in [0.25, 0.3) is 0 Å². The van der Waals surface area contributed by atoms with Crippen molar-refractivity contribution < 1.29 is 0 Å². The number of aryl methyl sites for hydroxylation is 2. The number of nitrogen functional groups attached to an aromatic ring is 1. The Balaban J connectivity index is 1.80. The molecule has 0 atom stereocenters. The van der Waals surface area contributed by atoms with Gasteiger partial charge in [0, 0.05) is 48.5 Å². The molecule has 0 aliphatic heterocycles. The summed E-state index contributed by atoms with van der Waals surface area (Å²) < 4.78 is 2.13. The number of rotatable bonds is 4. The Kier molecular flexibility index (Phi) is 3.46. The van der Waals surface area contributed by atoms with E-state index in [0.29, 0.717) is 0 Å². The van der Waals surface area contributed by atoms with E-state index in [1.165, 1.54) is 0 Å². The number of pyridine rings is 1. The van der Waals surface area contributed by atoms with Gasteiger partial charge in [-0.2, -0.15) is 0 Å². The number of imidazole rings is 1. The quantitative estimate of drug-likeness (QED) is 0.737. The summed E-state index contributed by atoms with van der Waals surface area (Å²) in [5.74, 6) is 0.938. The second-order valence-electron chi connectivity index (χ2n) is 4.64. The largest absolute Gasteiger partial charge is 0.399 e. The van der Waals surface area contributed by atoms with E-state index in [-0.39, 0.29) is 0 Å². The zero-order chi connectivity index (χ0) is 13.8. The molecule has 2 heterocycles. The van der Waals surface area contributed by atoms with E-state index in [1.54, 1.807) is 0 Å². The molecular formula is C16H16N4. The smallest absolute Gasteiger partial charge is 0.139 e. The highest BCUT2D eigenvalue weighted by Crippen LogP contribution is 2.20. The monoisotopic (exact) mass is 264 g/mol. The van der Waals surface area contributed by atoms with Crippen LogP contribution in [0.3, 0.4) is 0 Å². The maximum Gasteiger partial charge on any atom is 0.139 e. The van der Waals surface area contributed by atoms with Crippen molar-refractivity contribution in [1.82, 2.24) is 14.5 Å². The Morgan fingerprint density at radius 3 is 2.75 bits per heavy atom. The van der Waals surface area contributed by atoms with Gasteiger partial charge in [-0.05, 0) is 24.3 Å². The average Bonchev–Trinajstić information content (AvgIpc) is 2.95. The van der Waals surface area contributed by atoms with Crippen molar-refractivity contribution in [1.29, 1.82) is 0 Å². The third-order valence-corrected chi connectivity index (χ3v) is 3.20. The van der Waals surface area contributed by atoms with Crippen LogP contribution in [0.15, 0.2) is 61.1 Å². The van der Waals surface area contributed by atoms with Gasteiger partial charge < -0.3 is 10.3 Å². The van der Waals surface area contributed by atoms with Crippen LogP contribution < -0.4 is 5.73 Å². The van der Waals surface area contributed by atoms with Gasteiger partial charge in [-0.15, -0.1) is 0 Å². The van der Waals surface area contributed by atoms with Crippen molar-refractivity contribution in [2.24, 2.45) is 0 Å². The van der Waals surface area contributed by atoms with E-state index in [0.717, 1.165) is 35.7 Å². The van der Waals surface area contributed by atoms with Crippen molar-refractivity contribution in [3.63, 3.8) is 0 Å². The van der Waals surface area contributed by atoms with Crippen molar-refractivity contribution >= 4 is 5.69 Å². The molecule has 2 N–H and O–H groups in total. The van der Waals surface area contributed by atoms with E-state index < -0.39 is 0 Å².